The predicted molar refractivity (Wildman–Crippen MR) is 68.6 cm³/mol. The van der Waals surface area contributed by atoms with E-state index in [1.807, 2.05) is 0 Å². The van der Waals surface area contributed by atoms with Crippen LogP contribution in [-0.2, 0) is 6.54 Å². The highest BCUT2D eigenvalue weighted by molar-refractivity contribution is 6.30. The van der Waals surface area contributed by atoms with Crippen LogP contribution < -0.4 is 0 Å². The number of nitro benzene ring substituents is 1. The molecule has 2 aromatic rings. The van der Waals surface area contributed by atoms with Crippen LogP contribution in [0.5, 0.6) is 0 Å². The maximum absolute atomic E-state index is 11.0. The first-order valence-corrected chi connectivity index (χ1v) is 5.68. The molecule has 2 rings (SSSR count). The fraction of sp³-hybridized carbons (Fsp3) is 0.0833. The molecule has 1 aromatic heterocycles. The molecule has 0 spiro atoms. The number of rotatable bonds is 4. The van der Waals surface area contributed by atoms with E-state index in [1.54, 1.807) is 12.3 Å². The number of halogens is 1. The van der Waals surface area contributed by atoms with Gasteiger partial charge in [-0.3, -0.25) is 10.1 Å². The highest BCUT2D eigenvalue weighted by Gasteiger charge is 2.16. The molecule has 0 unspecified atom stereocenters. The molecule has 0 aliphatic heterocycles. The number of carboxylic acids is 1. The van der Waals surface area contributed by atoms with Crippen LogP contribution in [-0.4, -0.2) is 20.6 Å². The van der Waals surface area contributed by atoms with Gasteiger partial charge in [0.05, 0.1) is 17.0 Å². The molecule has 0 saturated heterocycles. The molecule has 1 N–H and O–H groups in total. The number of carbonyl (C=O) groups is 1. The Morgan fingerprint density at radius 2 is 2.16 bits per heavy atom. The number of nitro groups is 1. The van der Waals surface area contributed by atoms with Crippen molar-refractivity contribution in [3.05, 3.63) is 62.9 Å². The second kappa shape index (κ2) is 5.11. The molecule has 0 amide bonds. The number of benzene rings is 1. The molecule has 0 radical (unpaired) electrons. The molecule has 1 heterocycles. The van der Waals surface area contributed by atoms with Gasteiger partial charge in [0.25, 0.3) is 5.69 Å². The van der Waals surface area contributed by atoms with Crippen LogP contribution in [0.3, 0.4) is 0 Å². The van der Waals surface area contributed by atoms with E-state index < -0.39 is 10.9 Å². The van der Waals surface area contributed by atoms with E-state index in [1.165, 1.54) is 28.8 Å². The minimum atomic E-state index is -1.09. The lowest BCUT2D eigenvalue weighted by molar-refractivity contribution is -0.385. The molecule has 19 heavy (non-hydrogen) atoms. The predicted octanol–water partition coefficient (Wildman–Crippen LogP) is 2.80. The Hall–Kier alpha value is -2.34. The molecule has 0 bridgehead atoms. The molecule has 0 aliphatic carbocycles. The van der Waals surface area contributed by atoms with Gasteiger partial charge in [0.15, 0.2) is 0 Å². The van der Waals surface area contributed by atoms with E-state index in [2.05, 4.69) is 0 Å². The zero-order valence-electron chi connectivity index (χ0n) is 9.62. The monoisotopic (exact) mass is 280 g/mol. The van der Waals surface area contributed by atoms with Crippen molar-refractivity contribution in [3.8, 4) is 0 Å². The Morgan fingerprint density at radius 1 is 1.42 bits per heavy atom. The summed E-state index contributed by atoms with van der Waals surface area (Å²) in [6, 6.07) is 7.20. The standard InChI is InChI=1S/C12H9ClN2O4/c13-9-3-4-10(15(18)19)8(6-9)7-14-5-1-2-11(14)12(16)17/h1-6H,7H2,(H,16,17). The Kier molecular flexibility index (Phi) is 3.52. The van der Waals surface area contributed by atoms with Gasteiger partial charge in [-0.15, -0.1) is 0 Å². The van der Waals surface area contributed by atoms with Crippen LogP contribution in [0.25, 0.3) is 0 Å². The minimum absolute atomic E-state index is 0.0641. The zero-order valence-corrected chi connectivity index (χ0v) is 10.4. The van der Waals surface area contributed by atoms with E-state index in [0.29, 0.717) is 10.6 Å². The van der Waals surface area contributed by atoms with Gasteiger partial charge in [0, 0.05) is 17.3 Å². The number of hydrogen-bond acceptors (Lipinski definition) is 3. The lowest BCUT2D eigenvalue weighted by Crippen LogP contribution is -2.09. The third kappa shape index (κ3) is 2.74. The quantitative estimate of drug-likeness (QED) is 0.689. The molecule has 6 nitrogen and oxygen atoms in total. The van der Waals surface area contributed by atoms with Crippen molar-refractivity contribution in [2.75, 3.05) is 0 Å². The Morgan fingerprint density at radius 3 is 2.79 bits per heavy atom. The Balaban J connectivity index is 2.42. The average Bonchev–Trinajstić information content (AvgIpc) is 2.76. The minimum Gasteiger partial charge on any atom is -0.477 e. The fourth-order valence-electron chi connectivity index (χ4n) is 1.79. The van der Waals surface area contributed by atoms with Gasteiger partial charge in [-0.05, 0) is 24.3 Å². The lowest BCUT2D eigenvalue weighted by atomic mass is 10.2. The first kappa shape index (κ1) is 13.1. The third-order valence-electron chi connectivity index (χ3n) is 2.63. The lowest BCUT2D eigenvalue weighted by Gasteiger charge is -2.07. The van der Waals surface area contributed by atoms with Crippen molar-refractivity contribution >= 4 is 23.3 Å². The summed E-state index contributed by atoms with van der Waals surface area (Å²) in [4.78, 5) is 21.4. The second-order valence-electron chi connectivity index (χ2n) is 3.86. The van der Waals surface area contributed by atoms with Gasteiger partial charge in [0.1, 0.15) is 5.69 Å². The molecule has 0 fully saturated rings. The number of hydrogen-bond donors (Lipinski definition) is 1. The fourth-order valence-corrected chi connectivity index (χ4v) is 1.98. The van der Waals surface area contributed by atoms with E-state index in [0.717, 1.165) is 0 Å². The summed E-state index contributed by atoms with van der Waals surface area (Å²) in [6.45, 7) is 0.0749. The molecular weight excluding hydrogens is 272 g/mol. The molecule has 1 aromatic carbocycles. The first-order chi connectivity index (χ1) is 8.99. The van der Waals surface area contributed by atoms with Crippen molar-refractivity contribution in [1.82, 2.24) is 4.57 Å². The van der Waals surface area contributed by atoms with Gasteiger partial charge < -0.3 is 9.67 Å². The second-order valence-corrected chi connectivity index (χ2v) is 4.29. The molecule has 98 valence electrons. The summed E-state index contributed by atoms with van der Waals surface area (Å²) < 4.78 is 1.42. The molecule has 0 saturated carbocycles. The normalized spacial score (nSPS) is 10.4. The summed E-state index contributed by atoms with van der Waals surface area (Å²) in [6.07, 6.45) is 1.55. The van der Waals surface area contributed by atoms with Crippen LogP contribution in [0.4, 0.5) is 5.69 Å². The summed E-state index contributed by atoms with van der Waals surface area (Å²) >= 11 is 5.82. The van der Waals surface area contributed by atoms with Gasteiger partial charge in [-0.2, -0.15) is 0 Å². The Labute approximate surface area is 113 Å². The van der Waals surface area contributed by atoms with Crippen LogP contribution in [0, 0.1) is 10.1 Å². The maximum Gasteiger partial charge on any atom is 0.352 e. The topological polar surface area (TPSA) is 85.4 Å². The van der Waals surface area contributed by atoms with Crippen LogP contribution in [0.1, 0.15) is 16.1 Å². The number of carboxylic acid groups (broad SMARTS) is 1. The molecule has 0 atom stereocenters. The van der Waals surface area contributed by atoms with Gasteiger partial charge in [0.2, 0.25) is 0 Å². The molecule has 7 heteroatoms. The van der Waals surface area contributed by atoms with Crippen molar-refractivity contribution in [2.45, 2.75) is 6.54 Å². The largest absolute Gasteiger partial charge is 0.477 e. The van der Waals surface area contributed by atoms with Gasteiger partial charge in [-0.25, -0.2) is 4.79 Å². The smallest absolute Gasteiger partial charge is 0.352 e. The highest BCUT2D eigenvalue weighted by atomic mass is 35.5. The number of aromatic carboxylic acids is 1. The Bertz CT molecular complexity index is 651. The van der Waals surface area contributed by atoms with Gasteiger partial charge >= 0.3 is 5.97 Å². The van der Waals surface area contributed by atoms with Crippen molar-refractivity contribution in [3.63, 3.8) is 0 Å². The van der Waals surface area contributed by atoms with E-state index >= 15 is 0 Å². The molecule has 0 aliphatic rings. The van der Waals surface area contributed by atoms with Crippen LogP contribution in [0.15, 0.2) is 36.5 Å². The summed E-state index contributed by atoms with van der Waals surface area (Å²) in [5.74, 6) is -1.09. The van der Waals surface area contributed by atoms with E-state index in [9.17, 15) is 14.9 Å². The van der Waals surface area contributed by atoms with Crippen molar-refractivity contribution in [1.29, 1.82) is 0 Å². The van der Waals surface area contributed by atoms with Crippen LogP contribution >= 0.6 is 11.6 Å². The first-order valence-electron chi connectivity index (χ1n) is 5.30. The highest BCUT2D eigenvalue weighted by Crippen LogP contribution is 2.24. The van der Waals surface area contributed by atoms with E-state index in [-0.39, 0.29) is 17.9 Å². The molecular formula is C12H9ClN2O4. The maximum atomic E-state index is 11.0. The zero-order chi connectivity index (χ0) is 14.0. The van der Waals surface area contributed by atoms with Crippen LogP contribution in [0.2, 0.25) is 5.02 Å². The van der Waals surface area contributed by atoms with E-state index in [4.69, 9.17) is 16.7 Å². The SMILES string of the molecule is O=C(O)c1cccn1Cc1cc(Cl)ccc1[N+](=O)[O-]. The number of aromatic nitrogens is 1. The number of nitrogens with zero attached hydrogens (tertiary/aromatic N) is 2. The van der Waals surface area contributed by atoms with Crippen molar-refractivity contribution < 1.29 is 14.8 Å². The summed E-state index contributed by atoms with van der Waals surface area (Å²) in [5.41, 5.74) is 0.333. The van der Waals surface area contributed by atoms with Crippen molar-refractivity contribution in [2.24, 2.45) is 0 Å². The van der Waals surface area contributed by atoms with Gasteiger partial charge in [-0.1, -0.05) is 11.6 Å². The third-order valence-corrected chi connectivity index (χ3v) is 2.86. The summed E-state index contributed by atoms with van der Waals surface area (Å²) in [5, 5.41) is 20.3. The summed E-state index contributed by atoms with van der Waals surface area (Å²) in [7, 11) is 0. The average molecular weight is 281 g/mol.